The minimum absolute atomic E-state index is 0.0747. The molecule has 0 radical (unpaired) electrons. The van der Waals surface area contributed by atoms with Crippen LogP contribution < -0.4 is 10.0 Å². The lowest BCUT2D eigenvalue weighted by molar-refractivity contribution is 0.462. The van der Waals surface area contributed by atoms with Crippen molar-refractivity contribution in [3.8, 4) is 5.75 Å². The highest BCUT2D eigenvalue weighted by atomic mass is 32.2. The second kappa shape index (κ2) is 6.41. The molecule has 0 spiro atoms. The number of phenols is 1. The summed E-state index contributed by atoms with van der Waals surface area (Å²) in [5, 5.41) is 13.2. The highest BCUT2D eigenvalue weighted by molar-refractivity contribution is 7.86. The Morgan fingerprint density at radius 3 is 3.00 bits per heavy atom. The first kappa shape index (κ1) is 16.1. The third kappa shape index (κ3) is 3.03. The molecule has 0 bridgehead atoms. The van der Waals surface area contributed by atoms with Gasteiger partial charge in [-0.3, -0.25) is 0 Å². The van der Waals surface area contributed by atoms with Gasteiger partial charge in [0.25, 0.3) is 0 Å². The lowest BCUT2D eigenvalue weighted by Crippen LogP contribution is -2.16. The van der Waals surface area contributed by atoms with Crippen LogP contribution in [-0.2, 0) is 17.4 Å². The van der Waals surface area contributed by atoms with Crippen LogP contribution in [0.3, 0.4) is 0 Å². The van der Waals surface area contributed by atoms with Gasteiger partial charge in [-0.25, -0.2) is 8.60 Å². The number of rotatable bonds is 3. The van der Waals surface area contributed by atoms with Crippen molar-refractivity contribution in [2.45, 2.75) is 29.6 Å². The summed E-state index contributed by atoms with van der Waals surface area (Å²) >= 11 is 4.25. The zero-order valence-corrected chi connectivity index (χ0v) is 14.2. The van der Waals surface area contributed by atoms with Crippen LogP contribution in [0.15, 0.2) is 34.1 Å². The zero-order valence-electron chi connectivity index (χ0n) is 12.5. The molecule has 3 rings (SSSR count). The number of phenolic OH excluding ortho intramolecular Hbond substituents is 1. The number of fused-ring (bicyclic) bond motifs is 1. The van der Waals surface area contributed by atoms with Crippen molar-refractivity contribution in [3.05, 3.63) is 41.2 Å². The first-order valence-corrected chi connectivity index (χ1v) is 8.84. The molecule has 1 aliphatic heterocycles. The molecule has 0 amide bonds. The third-order valence-electron chi connectivity index (χ3n) is 3.92. The maximum absolute atomic E-state index is 13.6. The number of benzene rings is 2. The minimum Gasteiger partial charge on any atom is -0.505 e. The molecule has 122 valence electrons. The number of hydrogen-bond acceptors (Lipinski definition) is 4. The number of nitrogens with one attached hydrogen (secondary N) is 2. The van der Waals surface area contributed by atoms with Crippen molar-refractivity contribution in [2.24, 2.45) is 0 Å². The summed E-state index contributed by atoms with van der Waals surface area (Å²) in [5.74, 6) is -0.276. The maximum atomic E-state index is 13.6. The summed E-state index contributed by atoms with van der Waals surface area (Å²) in [4.78, 5) is 0.915. The van der Waals surface area contributed by atoms with Crippen LogP contribution in [0.1, 0.15) is 17.5 Å². The summed E-state index contributed by atoms with van der Waals surface area (Å²) in [6.07, 6.45) is 1.61. The first-order valence-electron chi connectivity index (χ1n) is 7.24. The van der Waals surface area contributed by atoms with Crippen LogP contribution in [0.25, 0.3) is 0 Å². The molecular formula is C16H17FN2O2S2. The number of thiol groups is 1. The molecule has 1 unspecified atom stereocenters. The Hall–Kier alpha value is -1.73. The highest BCUT2D eigenvalue weighted by Crippen LogP contribution is 2.40. The van der Waals surface area contributed by atoms with Gasteiger partial charge in [-0.2, -0.15) is 0 Å². The molecule has 0 aromatic heterocycles. The van der Waals surface area contributed by atoms with Crippen molar-refractivity contribution < 1.29 is 13.7 Å². The van der Waals surface area contributed by atoms with Gasteiger partial charge in [-0.1, -0.05) is 6.07 Å². The minimum atomic E-state index is -1.58. The second-order valence-corrected chi connectivity index (χ2v) is 7.07. The monoisotopic (exact) mass is 352 g/mol. The molecule has 0 saturated carbocycles. The fourth-order valence-corrected chi connectivity index (χ4v) is 4.14. The molecule has 3 N–H and O–H groups in total. The topological polar surface area (TPSA) is 61.4 Å². The van der Waals surface area contributed by atoms with Crippen LogP contribution in [0.2, 0.25) is 0 Å². The van der Waals surface area contributed by atoms with Crippen LogP contribution in [-0.4, -0.2) is 15.9 Å². The van der Waals surface area contributed by atoms with E-state index in [0.717, 1.165) is 24.9 Å². The third-order valence-corrected chi connectivity index (χ3v) is 5.43. The lowest BCUT2D eigenvalue weighted by Gasteiger charge is -2.23. The Morgan fingerprint density at radius 1 is 1.43 bits per heavy atom. The van der Waals surface area contributed by atoms with Crippen LogP contribution in [0.4, 0.5) is 15.8 Å². The van der Waals surface area contributed by atoms with Crippen molar-refractivity contribution >= 4 is 35.0 Å². The summed E-state index contributed by atoms with van der Waals surface area (Å²) in [7, 11) is -1.58. The molecule has 7 heteroatoms. The molecule has 0 fully saturated rings. The number of hydrogen-bond donors (Lipinski definition) is 4. The second-order valence-electron chi connectivity index (χ2n) is 5.41. The van der Waals surface area contributed by atoms with Crippen molar-refractivity contribution in [1.29, 1.82) is 0 Å². The average molecular weight is 352 g/mol. The Bertz CT molecular complexity index is 796. The van der Waals surface area contributed by atoms with Crippen LogP contribution in [0.5, 0.6) is 5.75 Å². The molecule has 1 heterocycles. The predicted molar refractivity (Wildman–Crippen MR) is 93.3 cm³/mol. The van der Waals surface area contributed by atoms with Crippen molar-refractivity contribution in [2.75, 3.05) is 16.6 Å². The predicted octanol–water partition coefficient (Wildman–Crippen LogP) is 3.62. The molecule has 23 heavy (non-hydrogen) atoms. The Kier molecular flexibility index (Phi) is 4.50. The number of halogens is 1. The Morgan fingerprint density at radius 2 is 2.22 bits per heavy atom. The Balaban J connectivity index is 2.00. The normalized spacial score (nSPS) is 14.7. The largest absolute Gasteiger partial charge is 0.505 e. The van der Waals surface area contributed by atoms with E-state index in [1.807, 2.05) is 0 Å². The van der Waals surface area contributed by atoms with E-state index >= 15 is 0 Å². The molecule has 2 aromatic carbocycles. The lowest BCUT2D eigenvalue weighted by atomic mass is 10.0. The molecule has 1 aliphatic rings. The smallest absolute Gasteiger partial charge is 0.152 e. The first-order chi connectivity index (χ1) is 11.0. The van der Waals surface area contributed by atoms with Gasteiger partial charge in [0.15, 0.2) is 16.7 Å². The van der Waals surface area contributed by atoms with Crippen molar-refractivity contribution in [1.82, 2.24) is 0 Å². The van der Waals surface area contributed by atoms with E-state index in [9.17, 15) is 13.7 Å². The molecule has 0 saturated heterocycles. The van der Waals surface area contributed by atoms with E-state index < -0.39 is 11.0 Å². The molecule has 0 aliphatic carbocycles. The van der Waals surface area contributed by atoms with Gasteiger partial charge < -0.3 is 15.1 Å². The summed E-state index contributed by atoms with van der Waals surface area (Å²) in [6.45, 7) is 2.38. The fourth-order valence-electron chi connectivity index (χ4n) is 2.63. The average Bonchev–Trinajstić information content (AvgIpc) is 2.55. The Labute approximate surface area is 142 Å². The van der Waals surface area contributed by atoms with E-state index in [1.165, 1.54) is 6.07 Å². The van der Waals surface area contributed by atoms with Gasteiger partial charge in [0.1, 0.15) is 5.82 Å². The zero-order chi connectivity index (χ0) is 16.6. The molecule has 1 atom stereocenters. The molecule has 4 nitrogen and oxygen atoms in total. The summed E-state index contributed by atoms with van der Waals surface area (Å²) in [6, 6.07) is 6.21. The van der Waals surface area contributed by atoms with Gasteiger partial charge >= 0.3 is 0 Å². The number of aromatic hydroxyl groups is 1. The quantitative estimate of drug-likeness (QED) is 0.504. The van der Waals surface area contributed by atoms with E-state index in [4.69, 9.17) is 0 Å². The van der Waals surface area contributed by atoms with Crippen LogP contribution >= 0.6 is 12.6 Å². The van der Waals surface area contributed by atoms with E-state index in [2.05, 4.69) is 22.7 Å². The van der Waals surface area contributed by atoms with Gasteiger partial charge in [0.2, 0.25) is 0 Å². The molecule has 2 aromatic rings. The van der Waals surface area contributed by atoms with Gasteiger partial charge in [0, 0.05) is 17.0 Å². The van der Waals surface area contributed by atoms with Gasteiger partial charge in [-0.15, -0.1) is 12.6 Å². The standard InChI is InChI=1S/C16H17FN2O2S2/c1-9-11(17)5-2-6-12(9)19-23(21)14-8-13(22)16(20)15-10(14)4-3-7-18-15/h2,5-6,8,18-20,22H,3-4,7H2,1H3. The SMILES string of the molecule is Cc1c(F)cccc1NS(=O)c1cc(S)c(O)c2c1CCCN2. The maximum Gasteiger partial charge on any atom is 0.152 e. The van der Waals surface area contributed by atoms with E-state index in [0.29, 0.717) is 26.7 Å². The van der Waals surface area contributed by atoms with E-state index in [-0.39, 0.29) is 11.6 Å². The summed E-state index contributed by atoms with van der Waals surface area (Å²) < 4.78 is 29.2. The number of anilines is 2. The van der Waals surface area contributed by atoms with Crippen molar-refractivity contribution in [3.63, 3.8) is 0 Å². The highest BCUT2D eigenvalue weighted by Gasteiger charge is 2.22. The molecular weight excluding hydrogens is 335 g/mol. The van der Waals surface area contributed by atoms with E-state index in [1.54, 1.807) is 25.1 Å². The summed E-state index contributed by atoms with van der Waals surface area (Å²) in [5.41, 5.74) is 2.30. The van der Waals surface area contributed by atoms with Gasteiger partial charge in [0.05, 0.1) is 16.3 Å². The van der Waals surface area contributed by atoms with Gasteiger partial charge in [-0.05, 0) is 43.5 Å². The fraction of sp³-hybridized carbons (Fsp3) is 0.250. The van der Waals surface area contributed by atoms with Crippen LogP contribution in [0, 0.1) is 12.7 Å².